The van der Waals surface area contributed by atoms with Crippen LogP contribution in [0.1, 0.15) is 18.7 Å². The van der Waals surface area contributed by atoms with Crippen LogP contribution in [0.15, 0.2) is 24.4 Å². The van der Waals surface area contributed by atoms with Gasteiger partial charge in [0.2, 0.25) is 0 Å². The highest BCUT2D eigenvalue weighted by Gasteiger charge is 2.17. The number of nitrogens with zero attached hydrogens (tertiary/aromatic N) is 2. The molecular formula is C13H17N3O. The van der Waals surface area contributed by atoms with Crippen molar-refractivity contribution in [1.29, 1.82) is 0 Å². The van der Waals surface area contributed by atoms with Gasteiger partial charge in [0, 0.05) is 12.5 Å². The van der Waals surface area contributed by atoms with Crippen LogP contribution in [-0.4, -0.2) is 29.1 Å². The fourth-order valence-electron chi connectivity index (χ4n) is 2.54. The minimum absolute atomic E-state index is 0.561. The molecule has 3 heterocycles. The largest absolute Gasteiger partial charge is 0.482 e. The summed E-state index contributed by atoms with van der Waals surface area (Å²) in [6.07, 6.45) is 5.39. The Labute approximate surface area is 101 Å². The van der Waals surface area contributed by atoms with Gasteiger partial charge in [-0.15, -0.1) is 0 Å². The number of ether oxygens (including phenoxy) is 1. The third-order valence-corrected chi connectivity index (χ3v) is 3.39. The smallest absolute Gasteiger partial charge is 0.199 e. The molecule has 0 radical (unpaired) electrons. The van der Waals surface area contributed by atoms with E-state index >= 15 is 0 Å². The molecule has 0 aromatic carbocycles. The van der Waals surface area contributed by atoms with E-state index in [1.54, 1.807) is 7.11 Å². The first-order valence-corrected chi connectivity index (χ1v) is 6.11. The van der Waals surface area contributed by atoms with E-state index in [1.165, 1.54) is 12.8 Å². The van der Waals surface area contributed by atoms with E-state index < -0.39 is 0 Å². The quantitative estimate of drug-likeness (QED) is 0.872. The highest BCUT2D eigenvalue weighted by atomic mass is 16.5. The van der Waals surface area contributed by atoms with Crippen molar-refractivity contribution in [1.82, 2.24) is 14.7 Å². The number of aromatic nitrogens is 2. The Kier molecular flexibility index (Phi) is 2.73. The molecule has 2 aromatic heterocycles. The van der Waals surface area contributed by atoms with E-state index in [2.05, 4.69) is 20.8 Å². The van der Waals surface area contributed by atoms with Gasteiger partial charge in [0.1, 0.15) is 5.82 Å². The van der Waals surface area contributed by atoms with Gasteiger partial charge in [0.25, 0.3) is 0 Å². The van der Waals surface area contributed by atoms with Crippen LogP contribution in [0.4, 0.5) is 0 Å². The molecular weight excluding hydrogens is 214 g/mol. The van der Waals surface area contributed by atoms with Crippen LogP contribution < -0.4 is 10.1 Å². The van der Waals surface area contributed by atoms with Crippen molar-refractivity contribution in [2.24, 2.45) is 0 Å². The summed E-state index contributed by atoms with van der Waals surface area (Å²) in [5.41, 5.74) is 1.09. The lowest BCUT2D eigenvalue weighted by Crippen LogP contribution is -2.24. The predicted molar refractivity (Wildman–Crippen MR) is 66.5 cm³/mol. The number of fused-ring (bicyclic) bond motifs is 1. The lowest BCUT2D eigenvalue weighted by molar-refractivity contribution is 0.389. The fourth-order valence-corrected chi connectivity index (χ4v) is 2.54. The Morgan fingerprint density at radius 1 is 1.53 bits per heavy atom. The third kappa shape index (κ3) is 1.89. The average molecular weight is 231 g/mol. The van der Waals surface area contributed by atoms with Gasteiger partial charge in [-0.05, 0) is 31.5 Å². The number of pyridine rings is 1. The highest BCUT2D eigenvalue weighted by Crippen LogP contribution is 2.19. The molecule has 1 unspecified atom stereocenters. The summed E-state index contributed by atoms with van der Waals surface area (Å²) >= 11 is 0. The molecule has 17 heavy (non-hydrogen) atoms. The molecule has 4 heteroatoms. The first-order valence-electron chi connectivity index (χ1n) is 6.11. The Hall–Kier alpha value is -1.55. The molecule has 1 atom stereocenters. The van der Waals surface area contributed by atoms with Gasteiger partial charge in [-0.1, -0.05) is 6.07 Å². The van der Waals surface area contributed by atoms with Crippen LogP contribution in [-0.2, 0) is 6.42 Å². The number of nitrogens with one attached hydrogen (secondary N) is 1. The molecule has 0 aliphatic carbocycles. The van der Waals surface area contributed by atoms with E-state index in [1.807, 2.05) is 18.3 Å². The molecule has 1 aliphatic heterocycles. The molecule has 3 rings (SSSR count). The van der Waals surface area contributed by atoms with E-state index in [0.717, 1.165) is 30.2 Å². The normalized spacial score (nSPS) is 19.9. The van der Waals surface area contributed by atoms with Crippen LogP contribution >= 0.6 is 0 Å². The zero-order valence-electron chi connectivity index (χ0n) is 10.0. The van der Waals surface area contributed by atoms with Gasteiger partial charge in [0.05, 0.1) is 18.8 Å². The number of rotatable bonds is 3. The molecule has 1 saturated heterocycles. The maximum absolute atomic E-state index is 5.39. The number of methoxy groups -OCH3 is 1. The fraction of sp³-hybridized carbons (Fsp3) is 0.462. The summed E-state index contributed by atoms with van der Waals surface area (Å²) < 4.78 is 7.49. The minimum atomic E-state index is 0.561. The molecule has 1 N–H and O–H groups in total. The Bertz CT molecular complexity index is 514. The Morgan fingerprint density at radius 3 is 3.24 bits per heavy atom. The molecule has 0 saturated carbocycles. The van der Waals surface area contributed by atoms with Gasteiger partial charge in [0.15, 0.2) is 5.88 Å². The van der Waals surface area contributed by atoms with E-state index in [-0.39, 0.29) is 0 Å². The molecule has 90 valence electrons. The average Bonchev–Trinajstić information content (AvgIpc) is 2.99. The van der Waals surface area contributed by atoms with Gasteiger partial charge in [-0.25, -0.2) is 4.98 Å². The number of hydrogen-bond donors (Lipinski definition) is 1. The van der Waals surface area contributed by atoms with Gasteiger partial charge in [-0.2, -0.15) is 0 Å². The Balaban J connectivity index is 1.98. The summed E-state index contributed by atoms with van der Waals surface area (Å²) in [6, 6.07) is 6.58. The summed E-state index contributed by atoms with van der Waals surface area (Å²) in [4.78, 5) is 4.51. The molecule has 1 aliphatic rings. The predicted octanol–water partition coefficient (Wildman–Crippen LogP) is 1.64. The van der Waals surface area contributed by atoms with E-state index in [9.17, 15) is 0 Å². The van der Waals surface area contributed by atoms with Crippen molar-refractivity contribution in [3.63, 3.8) is 0 Å². The standard InChI is InChI=1S/C13H17N3O/c1-17-13-6-2-5-11-9-15-12(16(11)13)8-10-4-3-7-14-10/h2,5-6,9-10,14H,3-4,7-8H2,1H3. The summed E-state index contributed by atoms with van der Waals surface area (Å²) in [7, 11) is 1.70. The highest BCUT2D eigenvalue weighted by molar-refractivity contribution is 5.49. The first-order chi connectivity index (χ1) is 8.38. The monoisotopic (exact) mass is 231 g/mol. The lowest BCUT2D eigenvalue weighted by atomic mass is 10.1. The second-order valence-corrected chi connectivity index (χ2v) is 4.50. The first kappa shape index (κ1) is 10.6. The van der Waals surface area contributed by atoms with Crippen molar-refractivity contribution < 1.29 is 4.74 Å². The molecule has 2 aromatic rings. The van der Waals surface area contributed by atoms with Crippen molar-refractivity contribution in [3.8, 4) is 5.88 Å². The van der Waals surface area contributed by atoms with Crippen LogP contribution in [0.25, 0.3) is 5.52 Å². The number of hydrogen-bond acceptors (Lipinski definition) is 3. The van der Waals surface area contributed by atoms with Gasteiger partial charge < -0.3 is 10.1 Å². The SMILES string of the molecule is COc1cccc2cnc(CC3CCCN3)n12. The van der Waals surface area contributed by atoms with Crippen LogP contribution in [0, 0.1) is 0 Å². The lowest BCUT2D eigenvalue weighted by Gasteiger charge is -2.11. The van der Waals surface area contributed by atoms with Crippen molar-refractivity contribution >= 4 is 5.52 Å². The minimum Gasteiger partial charge on any atom is -0.482 e. The van der Waals surface area contributed by atoms with Crippen molar-refractivity contribution in [2.45, 2.75) is 25.3 Å². The second-order valence-electron chi connectivity index (χ2n) is 4.50. The van der Waals surface area contributed by atoms with Crippen LogP contribution in [0.5, 0.6) is 5.88 Å². The molecule has 0 amide bonds. The molecule has 4 nitrogen and oxygen atoms in total. The zero-order chi connectivity index (χ0) is 11.7. The summed E-state index contributed by atoms with van der Waals surface area (Å²) in [6.45, 7) is 1.13. The van der Waals surface area contributed by atoms with Crippen molar-refractivity contribution in [3.05, 3.63) is 30.2 Å². The summed E-state index contributed by atoms with van der Waals surface area (Å²) in [5.74, 6) is 1.94. The van der Waals surface area contributed by atoms with Crippen LogP contribution in [0.2, 0.25) is 0 Å². The van der Waals surface area contributed by atoms with Gasteiger partial charge >= 0.3 is 0 Å². The molecule has 0 bridgehead atoms. The zero-order valence-corrected chi connectivity index (χ0v) is 10.0. The number of imidazole rings is 1. The van der Waals surface area contributed by atoms with Crippen molar-refractivity contribution in [2.75, 3.05) is 13.7 Å². The Morgan fingerprint density at radius 2 is 2.47 bits per heavy atom. The second kappa shape index (κ2) is 4.37. The maximum atomic E-state index is 5.39. The van der Waals surface area contributed by atoms with E-state index in [0.29, 0.717) is 6.04 Å². The third-order valence-electron chi connectivity index (χ3n) is 3.39. The summed E-state index contributed by atoms with van der Waals surface area (Å²) in [5, 5.41) is 3.50. The molecule has 1 fully saturated rings. The molecule has 0 spiro atoms. The van der Waals surface area contributed by atoms with Crippen LogP contribution in [0.3, 0.4) is 0 Å². The van der Waals surface area contributed by atoms with E-state index in [4.69, 9.17) is 4.74 Å². The maximum Gasteiger partial charge on any atom is 0.199 e. The topological polar surface area (TPSA) is 38.6 Å². The van der Waals surface area contributed by atoms with Gasteiger partial charge in [-0.3, -0.25) is 4.40 Å².